The summed E-state index contributed by atoms with van der Waals surface area (Å²) in [7, 11) is 1.99. The maximum atomic E-state index is 4.29. The molecular weight excluding hydrogens is 278 g/mol. The molecule has 2 aromatic rings. The first-order valence-electron chi connectivity index (χ1n) is 8.08. The van der Waals surface area contributed by atoms with Gasteiger partial charge in [0.05, 0.1) is 6.20 Å². The topological polar surface area (TPSA) is 29.9 Å². The van der Waals surface area contributed by atoms with E-state index in [1.165, 1.54) is 42.5 Å². The number of nitrogens with zero attached hydrogens (tertiary/aromatic N) is 2. The molecule has 0 radical (unpaired) electrons. The van der Waals surface area contributed by atoms with Crippen LogP contribution in [0.1, 0.15) is 53.1 Å². The molecule has 2 heterocycles. The van der Waals surface area contributed by atoms with E-state index >= 15 is 0 Å². The summed E-state index contributed by atoms with van der Waals surface area (Å²) in [6.07, 6.45) is 11.8. The molecule has 0 aromatic carbocycles. The summed E-state index contributed by atoms with van der Waals surface area (Å²) in [4.78, 5) is 3.14. The normalized spacial score (nSPS) is 16.5. The molecule has 1 N–H and O–H groups in total. The molecule has 2 aromatic heterocycles. The zero-order valence-electron chi connectivity index (χ0n) is 13.1. The van der Waals surface area contributed by atoms with Gasteiger partial charge < -0.3 is 5.32 Å². The molecule has 1 aliphatic rings. The Morgan fingerprint density at radius 3 is 2.95 bits per heavy atom. The maximum Gasteiger partial charge on any atom is 0.0522 e. The van der Waals surface area contributed by atoms with Crippen molar-refractivity contribution < 1.29 is 0 Å². The van der Waals surface area contributed by atoms with Crippen molar-refractivity contribution >= 4 is 11.3 Å². The second-order valence-corrected chi connectivity index (χ2v) is 7.16. The number of thiophene rings is 1. The molecule has 0 saturated carbocycles. The lowest BCUT2D eigenvalue weighted by molar-refractivity contribution is 0.557. The Balaban J connectivity index is 1.80. The predicted octanol–water partition coefficient (Wildman–Crippen LogP) is 3.64. The van der Waals surface area contributed by atoms with Crippen LogP contribution in [0.15, 0.2) is 18.5 Å². The lowest BCUT2D eigenvalue weighted by atomic mass is 10.1. The van der Waals surface area contributed by atoms with E-state index in [1.807, 2.05) is 29.3 Å². The summed E-state index contributed by atoms with van der Waals surface area (Å²) in [6, 6.07) is 2.89. The molecule has 0 spiro atoms. The van der Waals surface area contributed by atoms with E-state index in [0.717, 1.165) is 13.0 Å². The molecule has 1 unspecified atom stereocenters. The highest BCUT2D eigenvalue weighted by Crippen LogP contribution is 2.33. The minimum Gasteiger partial charge on any atom is -0.309 e. The monoisotopic (exact) mass is 303 g/mol. The van der Waals surface area contributed by atoms with Crippen LogP contribution >= 0.6 is 11.3 Å². The average Bonchev–Trinajstić information content (AvgIpc) is 2.99. The molecule has 3 rings (SSSR count). The van der Waals surface area contributed by atoms with Gasteiger partial charge in [-0.05, 0) is 55.8 Å². The Bertz CT molecular complexity index is 561. The molecule has 114 valence electrons. The number of likely N-dealkylation sites (N-methyl/N-ethyl adjacent to an activating group) is 1. The van der Waals surface area contributed by atoms with Gasteiger partial charge in [0.15, 0.2) is 0 Å². The number of aryl methyl sites for hydroxylation is 3. The molecule has 21 heavy (non-hydrogen) atoms. The summed E-state index contributed by atoms with van der Waals surface area (Å²) < 4.78 is 1.89. The largest absolute Gasteiger partial charge is 0.309 e. The summed E-state index contributed by atoms with van der Waals surface area (Å²) in [5.41, 5.74) is 2.92. The average molecular weight is 303 g/mol. The zero-order chi connectivity index (χ0) is 14.7. The Morgan fingerprint density at radius 1 is 1.33 bits per heavy atom. The third-order valence-corrected chi connectivity index (χ3v) is 5.61. The van der Waals surface area contributed by atoms with Crippen molar-refractivity contribution in [3.63, 3.8) is 0 Å². The van der Waals surface area contributed by atoms with Gasteiger partial charge in [-0.15, -0.1) is 11.3 Å². The van der Waals surface area contributed by atoms with Crippen molar-refractivity contribution in [2.45, 2.75) is 51.5 Å². The van der Waals surface area contributed by atoms with Gasteiger partial charge in [0.25, 0.3) is 0 Å². The lowest BCUT2D eigenvalue weighted by Crippen LogP contribution is -2.22. The first-order chi connectivity index (χ1) is 10.3. The van der Waals surface area contributed by atoms with Crippen LogP contribution in [0.4, 0.5) is 0 Å². The van der Waals surface area contributed by atoms with Gasteiger partial charge in [-0.2, -0.15) is 5.10 Å². The van der Waals surface area contributed by atoms with Gasteiger partial charge >= 0.3 is 0 Å². The molecule has 4 heteroatoms. The van der Waals surface area contributed by atoms with E-state index in [1.54, 1.807) is 10.4 Å². The SMILES string of the molecule is CCNC(Cc1cnn(C)c1)c1cc2c(s1)CCCCC2. The molecule has 1 aliphatic carbocycles. The lowest BCUT2D eigenvalue weighted by Gasteiger charge is -2.15. The summed E-state index contributed by atoms with van der Waals surface area (Å²) in [5.74, 6) is 0. The van der Waals surface area contributed by atoms with Crippen LogP contribution in [-0.4, -0.2) is 16.3 Å². The van der Waals surface area contributed by atoms with E-state index < -0.39 is 0 Å². The van der Waals surface area contributed by atoms with Crippen LogP contribution in [0.3, 0.4) is 0 Å². The van der Waals surface area contributed by atoms with Gasteiger partial charge in [0, 0.05) is 29.0 Å². The second-order valence-electron chi connectivity index (χ2n) is 5.99. The molecule has 0 fully saturated rings. The minimum atomic E-state index is 0.427. The van der Waals surface area contributed by atoms with Gasteiger partial charge in [-0.25, -0.2) is 0 Å². The van der Waals surface area contributed by atoms with Gasteiger partial charge in [-0.3, -0.25) is 4.68 Å². The highest BCUT2D eigenvalue weighted by Gasteiger charge is 2.18. The standard InChI is InChI=1S/C17H25N3S/c1-3-18-15(9-13-11-19-20(2)12-13)17-10-14-7-5-4-6-8-16(14)21-17/h10-12,15,18H,3-9H2,1-2H3. The molecule has 3 nitrogen and oxygen atoms in total. The number of rotatable bonds is 5. The fraction of sp³-hybridized carbons (Fsp3) is 0.588. The highest BCUT2D eigenvalue weighted by atomic mass is 32.1. The Labute approximate surface area is 131 Å². The van der Waals surface area contributed by atoms with E-state index in [2.05, 4.69) is 29.6 Å². The van der Waals surface area contributed by atoms with Crippen molar-refractivity contribution in [2.24, 2.45) is 7.05 Å². The van der Waals surface area contributed by atoms with Crippen molar-refractivity contribution in [1.29, 1.82) is 0 Å². The van der Waals surface area contributed by atoms with Crippen molar-refractivity contribution in [2.75, 3.05) is 6.54 Å². The predicted molar refractivity (Wildman–Crippen MR) is 88.9 cm³/mol. The van der Waals surface area contributed by atoms with E-state index in [4.69, 9.17) is 0 Å². The fourth-order valence-corrected chi connectivity index (χ4v) is 4.53. The molecule has 1 atom stereocenters. The Hall–Kier alpha value is -1.13. The van der Waals surface area contributed by atoms with Crippen LogP contribution < -0.4 is 5.32 Å². The van der Waals surface area contributed by atoms with Gasteiger partial charge in [-0.1, -0.05) is 13.3 Å². The molecule has 0 saturated heterocycles. The smallest absolute Gasteiger partial charge is 0.0522 e. The molecule has 0 aliphatic heterocycles. The second kappa shape index (κ2) is 6.75. The van der Waals surface area contributed by atoms with Gasteiger partial charge in [0.2, 0.25) is 0 Å². The van der Waals surface area contributed by atoms with Crippen LogP contribution in [-0.2, 0) is 26.3 Å². The number of aromatic nitrogens is 2. The summed E-state index contributed by atoms with van der Waals surface area (Å²) >= 11 is 2.03. The number of fused-ring (bicyclic) bond motifs is 1. The van der Waals surface area contributed by atoms with Crippen LogP contribution in [0.25, 0.3) is 0 Å². The molecule has 0 bridgehead atoms. The fourth-order valence-electron chi connectivity index (χ4n) is 3.19. The first kappa shape index (κ1) is 14.8. The third-order valence-electron chi connectivity index (χ3n) is 4.26. The van der Waals surface area contributed by atoms with Crippen LogP contribution in [0, 0.1) is 0 Å². The minimum absolute atomic E-state index is 0.427. The van der Waals surface area contributed by atoms with E-state index in [-0.39, 0.29) is 0 Å². The van der Waals surface area contributed by atoms with Crippen LogP contribution in [0.2, 0.25) is 0 Å². The van der Waals surface area contributed by atoms with E-state index in [0.29, 0.717) is 6.04 Å². The molecule has 0 amide bonds. The van der Waals surface area contributed by atoms with Crippen molar-refractivity contribution in [1.82, 2.24) is 15.1 Å². The van der Waals surface area contributed by atoms with Crippen molar-refractivity contribution in [3.05, 3.63) is 39.3 Å². The number of hydrogen-bond donors (Lipinski definition) is 1. The Kier molecular flexibility index (Phi) is 4.76. The summed E-state index contributed by atoms with van der Waals surface area (Å²) in [5, 5.41) is 7.95. The quantitative estimate of drug-likeness (QED) is 0.855. The number of nitrogens with one attached hydrogen (secondary N) is 1. The summed E-state index contributed by atoms with van der Waals surface area (Å²) in [6.45, 7) is 3.20. The first-order valence-corrected chi connectivity index (χ1v) is 8.90. The number of hydrogen-bond acceptors (Lipinski definition) is 3. The zero-order valence-corrected chi connectivity index (χ0v) is 13.9. The highest BCUT2D eigenvalue weighted by molar-refractivity contribution is 7.12. The van der Waals surface area contributed by atoms with Gasteiger partial charge in [0.1, 0.15) is 0 Å². The van der Waals surface area contributed by atoms with Crippen molar-refractivity contribution in [3.8, 4) is 0 Å². The third kappa shape index (κ3) is 3.55. The Morgan fingerprint density at radius 2 is 2.19 bits per heavy atom. The van der Waals surface area contributed by atoms with Crippen LogP contribution in [0.5, 0.6) is 0 Å². The van der Waals surface area contributed by atoms with E-state index in [9.17, 15) is 0 Å². The maximum absolute atomic E-state index is 4.29. The molecular formula is C17H25N3S.